The van der Waals surface area contributed by atoms with Crippen LogP contribution in [0.5, 0.6) is 0 Å². The zero-order valence-electron chi connectivity index (χ0n) is 6.98. The van der Waals surface area contributed by atoms with E-state index in [1.54, 1.807) is 6.07 Å². The van der Waals surface area contributed by atoms with E-state index in [-0.39, 0.29) is 5.89 Å². The van der Waals surface area contributed by atoms with Gasteiger partial charge in [0.1, 0.15) is 0 Å². The first kappa shape index (κ1) is 7.79. The maximum Gasteiger partial charge on any atom is 0.542 e. The van der Waals surface area contributed by atoms with Gasteiger partial charge in [-0.25, -0.2) is 4.79 Å². The Balaban J connectivity index is 2.52. The van der Waals surface area contributed by atoms with Crippen LogP contribution in [0.1, 0.15) is 5.56 Å². The van der Waals surface area contributed by atoms with Crippen molar-refractivity contribution in [3.05, 3.63) is 40.4 Å². The van der Waals surface area contributed by atoms with Gasteiger partial charge in [0.2, 0.25) is 0 Å². The van der Waals surface area contributed by atoms with Gasteiger partial charge in [-0.1, -0.05) is 17.7 Å². The van der Waals surface area contributed by atoms with Crippen LogP contribution in [0, 0.1) is 6.92 Å². The van der Waals surface area contributed by atoms with Crippen LogP contribution in [0.2, 0.25) is 0 Å². The molecule has 0 aliphatic rings. The van der Waals surface area contributed by atoms with Gasteiger partial charge < -0.3 is 4.42 Å². The first-order valence-electron chi connectivity index (χ1n) is 3.79. The minimum atomic E-state index is -0.781. The molecule has 0 spiro atoms. The Bertz CT molecular complexity index is 469. The van der Waals surface area contributed by atoms with Crippen molar-refractivity contribution in [2.45, 2.75) is 6.92 Å². The molecule has 0 aliphatic heterocycles. The van der Waals surface area contributed by atoms with E-state index >= 15 is 0 Å². The normalized spacial score (nSPS) is 10.2. The number of rotatable bonds is 1. The molecule has 0 radical (unpaired) electrons. The third-order valence-corrected chi connectivity index (χ3v) is 1.65. The van der Waals surface area contributed by atoms with Crippen LogP contribution in [-0.2, 0) is 0 Å². The van der Waals surface area contributed by atoms with Crippen molar-refractivity contribution < 1.29 is 8.94 Å². The highest BCUT2D eigenvalue weighted by Gasteiger charge is 2.05. The molecule has 0 saturated heterocycles. The van der Waals surface area contributed by atoms with Crippen molar-refractivity contribution >= 4 is 0 Å². The third kappa shape index (κ3) is 1.51. The van der Waals surface area contributed by atoms with E-state index in [2.05, 4.69) is 9.68 Å². The topological polar surface area (TPSA) is 56.2 Å². The summed E-state index contributed by atoms with van der Waals surface area (Å²) in [5.41, 5.74) is 1.81. The second-order valence-corrected chi connectivity index (χ2v) is 2.71. The molecule has 0 aliphatic carbocycles. The van der Waals surface area contributed by atoms with Gasteiger partial charge in [0.15, 0.2) is 0 Å². The average Bonchev–Trinajstić information content (AvgIpc) is 2.52. The first-order valence-corrected chi connectivity index (χ1v) is 3.79. The maximum absolute atomic E-state index is 10.6. The minimum absolute atomic E-state index is 0.216. The zero-order valence-corrected chi connectivity index (χ0v) is 6.98. The van der Waals surface area contributed by atoms with E-state index in [9.17, 15) is 4.79 Å². The van der Waals surface area contributed by atoms with Crippen LogP contribution in [0.3, 0.4) is 0 Å². The highest BCUT2D eigenvalue weighted by atomic mass is 16.6. The highest BCUT2D eigenvalue weighted by Crippen LogP contribution is 2.15. The molecule has 13 heavy (non-hydrogen) atoms. The molecule has 1 aromatic heterocycles. The number of benzene rings is 1. The summed E-state index contributed by atoms with van der Waals surface area (Å²) in [6, 6.07) is 7.47. The van der Waals surface area contributed by atoms with Crippen LogP contribution in [-0.4, -0.2) is 5.16 Å². The lowest BCUT2D eigenvalue weighted by molar-refractivity contribution is 0.335. The number of aromatic nitrogens is 1. The molecular formula is C9H7NO3. The van der Waals surface area contributed by atoms with Crippen LogP contribution in [0.15, 0.2) is 38.0 Å². The average molecular weight is 177 g/mol. The van der Waals surface area contributed by atoms with Gasteiger partial charge in [0, 0.05) is 5.56 Å². The van der Waals surface area contributed by atoms with Crippen molar-refractivity contribution in [1.29, 1.82) is 0 Å². The second kappa shape index (κ2) is 2.90. The molecule has 0 amide bonds. The van der Waals surface area contributed by atoms with E-state index in [1.165, 1.54) is 0 Å². The van der Waals surface area contributed by atoms with E-state index in [1.807, 2.05) is 25.1 Å². The fraction of sp³-hybridized carbons (Fsp3) is 0.111. The summed E-state index contributed by atoms with van der Waals surface area (Å²) < 4.78 is 8.98. The van der Waals surface area contributed by atoms with Gasteiger partial charge >= 0.3 is 5.82 Å². The number of hydrogen-bond donors (Lipinski definition) is 0. The van der Waals surface area contributed by atoms with Crippen LogP contribution in [0.4, 0.5) is 0 Å². The van der Waals surface area contributed by atoms with Crippen LogP contribution in [0.25, 0.3) is 11.5 Å². The van der Waals surface area contributed by atoms with Crippen LogP contribution < -0.4 is 5.82 Å². The largest absolute Gasteiger partial charge is 0.542 e. The van der Waals surface area contributed by atoms with Gasteiger partial charge in [-0.2, -0.15) is 0 Å². The van der Waals surface area contributed by atoms with Gasteiger partial charge in [-0.15, -0.1) is 0 Å². The summed E-state index contributed by atoms with van der Waals surface area (Å²) >= 11 is 0. The molecule has 0 N–H and O–H groups in total. The third-order valence-electron chi connectivity index (χ3n) is 1.65. The van der Waals surface area contributed by atoms with Gasteiger partial charge in [0.25, 0.3) is 5.89 Å². The Labute approximate surface area is 73.8 Å². The molecule has 0 bridgehead atoms. The molecule has 2 rings (SSSR count). The van der Waals surface area contributed by atoms with Crippen molar-refractivity contribution in [1.82, 2.24) is 5.16 Å². The standard InChI is InChI=1S/C9H7NO3/c1-6-3-2-4-7(5-6)8-10-13-9(11)12-8/h2-5H,1H3. The molecule has 4 heteroatoms. The van der Waals surface area contributed by atoms with E-state index in [4.69, 9.17) is 4.42 Å². The summed E-state index contributed by atoms with van der Waals surface area (Å²) in [5, 5.41) is 3.47. The number of aryl methyl sites for hydroxylation is 1. The van der Waals surface area contributed by atoms with Gasteiger partial charge in [0.05, 0.1) is 0 Å². The van der Waals surface area contributed by atoms with Crippen molar-refractivity contribution in [2.24, 2.45) is 0 Å². The monoisotopic (exact) mass is 177 g/mol. The van der Waals surface area contributed by atoms with Crippen molar-refractivity contribution in [2.75, 3.05) is 0 Å². The Morgan fingerprint density at radius 3 is 2.85 bits per heavy atom. The predicted octanol–water partition coefficient (Wildman–Crippen LogP) is 1.60. The molecule has 0 unspecified atom stereocenters. The van der Waals surface area contributed by atoms with Crippen LogP contribution >= 0.6 is 0 Å². The Kier molecular flexibility index (Phi) is 1.73. The fourth-order valence-corrected chi connectivity index (χ4v) is 1.08. The van der Waals surface area contributed by atoms with E-state index < -0.39 is 5.82 Å². The molecule has 2 aromatic rings. The molecule has 66 valence electrons. The van der Waals surface area contributed by atoms with E-state index in [0.717, 1.165) is 11.1 Å². The zero-order chi connectivity index (χ0) is 9.26. The maximum atomic E-state index is 10.6. The summed E-state index contributed by atoms with van der Waals surface area (Å²) in [7, 11) is 0. The van der Waals surface area contributed by atoms with E-state index in [0.29, 0.717) is 0 Å². The highest BCUT2D eigenvalue weighted by molar-refractivity contribution is 5.53. The summed E-state index contributed by atoms with van der Waals surface area (Å²) in [6.45, 7) is 1.95. The summed E-state index contributed by atoms with van der Waals surface area (Å²) in [6.07, 6.45) is 0. The Morgan fingerprint density at radius 2 is 2.23 bits per heavy atom. The Morgan fingerprint density at radius 1 is 1.38 bits per heavy atom. The molecule has 1 aromatic carbocycles. The molecule has 1 heterocycles. The SMILES string of the molecule is Cc1cccc(-c2noc(=O)o2)c1. The van der Waals surface area contributed by atoms with Crippen molar-refractivity contribution in [3.63, 3.8) is 0 Å². The fourth-order valence-electron chi connectivity index (χ4n) is 1.08. The molecule has 0 saturated carbocycles. The van der Waals surface area contributed by atoms with Crippen molar-refractivity contribution in [3.8, 4) is 11.5 Å². The first-order chi connectivity index (χ1) is 6.25. The second-order valence-electron chi connectivity index (χ2n) is 2.71. The molecule has 4 nitrogen and oxygen atoms in total. The number of hydrogen-bond acceptors (Lipinski definition) is 4. The Hall–Kier alpha value is -1.84. The molecular weight excluding hydrogens is 170 g/mol. The molecule has 0 atom stereocenters. The van der Waals surface area contributed by atoms with Gasteiger partial charge in [-0.05, 0) is 24.2 Å². The summed E-state index contributed by atoms with van der Waals surface area (Å²) in [4.78, 5) is 10.6. The lowest BCUT2D eigenvalue weighted by Crippen LogP contribution is -1.85. The summed E-state index contributed by atoms with van der Waals surface area (Å²) in [5.74, 6) is -0.565. The number of nitrogens with zero attached hydrogens (tertiary/aromatic N) is 1. The quantitative estimate of drug-likeness (QED) is 0.663. The molecule has 0 fully saturated rings. The minimum Gasteiger partial charge on any atom is -0.370 e. The smallest absolute Gasteiger partial charge is 0.370 e. The van der Waals surface area contributed by atoms with Gasteiger partial charge in [-0.3, -0.25) is 4.52 Å². The lowest BCUT2D eigenvalue weighted by atomic mass is 10.1. The lowest BCUT2D eigenvalue weighted by Gasteiger charge is -1.93. The predicted molar refractivity (Wildman–Crippen MR) is 45.2 cm³/mol.